The highest BCUT2D eigenvalue weighted by Crippen LogP contribution is 2.22. The average molecular weight is 316 g/mol. The summed E-state index contributed by atoms with van der Waals surface area (Å²) in [5.74, 6) is -0.847. The molecule has 23 heavy (non-hydrogen) atoms. The quantitative estimate of drug-likeness (QED) is 0.805. The van der Waals surface area contributed by atoms with Crippen LogP contribution in [-0.4, -0.2) is 18.9 Å². The Morgan fingerprint density at radius 1 is 1.04 bits per heavy atom. The van der Waals surface area contributed by atoms with Gasteiger partial charge < -0.3 is 15.4 Å². The van der Waals surface area contributed by atoms with Crippen LogP contribution in [0.15, 0.2) is 48.5 Å². The predicted molar refractivity (Wildman–Crippen MR) is 84.5 cm³/mol. The number of ether oxygens (including phenoxy) is 1. The zero-order valence-electron chi connectivity index (χ0n) is 12.6. The molecule has 0 unspecified atom stereocenters. The lowest BCUT2D eigenvalue weighted by Crippen LogP contribution is -2.28. The second-order valence-electron chi connectivity index (χ2n) is 4.79. The van der Waals surface area contributed by atoms with E-state index in [0.29, 0.717) is 17.0 Å². The van der Waals surface area contributed by atoms with Crippen LogP contribution in [0.1, 0.15) is 12.0 Å². The fourth-order valence-corrected chi connectivity index (χ4v) is 1.99. The smallest absolute Gasteiger partial charge is 0.233 e. The van der Waals surface area contributed by atoms with E-state index in [1.807, 2.05) is 0 Å². The van der Waals surface area contributed by atoms with Crippen molar-refractivity contribution in [3.8, 4) is 5.75 Å². The molecule has 2 amide bonds. The number of rotatable bonds is 6. The minimum Gasteiger partial charge on any atom is -0.495 e. The molecule has 120 valence electrons. The third kappa shape index (κ3) is 4.81. The molecular formula is C17H17FN2O3. The van der Waals surface area contributed by atoms with Gasteiger partial charge in [0.1, 0.15) is 18.0 Å². The molecule has 0 atom stereocenters. The second-order valence-corrected chi connectivity index (χ2v) is 4.79. The van der Waals surface area contributed by atoms with Crippen LogP contribution in [0.4, 0.5) is 10.1 Å². The number of anilines is 1. The summed E-state index contributed by atoms with van der Waals surface area (Å²) in [6, 6.07) is 13.0. The van der Waals surface area contributed by atoms with Gasteiger partial charge in [0.2, 0.25) is 11.8 Å². The van der Waals surface area contributed by atoms with E-state index < -0.39 is 17.6 Å². The Bertz CT molecular complexity index is 704. The van der Waals surface area contributed by atoms with Crippen molar-refractivity contribution in [2.75, 3.05) is 12.4 Å². The van der Waals surface area contributed by atoms with Crippen molar-refractivity contribution in [1.82, 2.24) is 5.32 Å². The number of hydrogen-bond donors (Lipinski definition) is 2. The van der Waals surface area contributed by atoms with E-state index in [-0.39, 0.29) is 13.0 Å². The van der Waals surface area contributed by atoms with Crippen molar-refractivity contribution in [1.29, 1.82) is 0 Å². The van der Waals surface area contributed by atoms with Crippen LogP contribution in [0.2, 0.25) is 0 Å². The number of para-hydroxylation sites is 2. The topological polar surface area (TPSA) is 67.4 Å². The minimum atomic E-state index is -0.486. The molecule has 0 radical (unpaired) electrons. The lowest BCUT2D eigenvalue weighted by Gasteiger charge is -2.10. The van der Waals surface area contributed by atoms with Gasteiger partial charge in [-0.25, -0.2) is 4.39 Å². The fraction of sp³-hybridized carbons (Fsp3) is 0.176. The Kier molecular flexibility index (Phi) is 5.68. The SMILES string of the molecule is COc1ccccc1NC(=O)CC(=O)NCc1ccccc1F. The molecule has 0 aliphatic carbocycles. The van der Waals surface area contributed by atoms with Gasteiger partial charge in [0.15, 0.2) is 0 Å². The fourth-order valence-electron chi connectivity index (χ4n) is 1.99. The maximum absolute atomic E-state index is 13.4. The van der Waals surface area contributed by atoms with Crippen molar-refractivity contribution < 1.29 is 18.7 Å². The Morgan fingerprint density at radius 3 is 2.48 bits per heavy atom. The number of carbonyl (C=O) groups is 2. The normalized spacial score (nSPS) is 10.0. The number of methoxy groups -OCH3 is 1. The Labute approximate surface area is 133 Å². The van der Waals surface area contributed by atoms with Crippen LogP contribution in [0, 0.1) is 5.82 Å². The molecular weight excluding hydrogens is 299 g/mol. The highest BCUT2D eigenvalue weighted by Gasteiger charge is 2.12. The maximum Gasteiger partial charge on any atom is 0.233 e. The van der Waals surface area contributed by atoms with Gasteiger partial charge in [-0.2, -0.15) is 0 Å². The number of halogens is 1. The molecule has 0 spiro atoms. The van der Waals surface area contributed by atoms with E-state index >= 15 is 0 Å². The highest BCUT2D eigenvalue weighted by molar-refractivity contribution is 6.04. The summed E-state index contributed by atoms with van der Waals surface area (Å²) in [6.07, 6.45) is -0.355. The zero-order valence-corrected chi connectivity index (χ0v) is 12.6. The average Bonchev–Trinajstić information content (AvgIpc) is 2.54. The second kappa shape index (κ2) is 7.93. The molecule has 0 saturated carbocycles. The number of amides is 2. The van der Waals surface area contributed by atoms with E-state index in [1.165, 1.54) is 13.2 Å². The minimum absolute atomic E-state index is 0.0352. The van der Waals surface area contributed by atoms with Gasteiger partial charge in [0.25, 0.3) is 0 Å². The van der Waals surface area contributed by atoms with Gasteiger partial charge in [-0.05, 0) is 18.2 Å². The van der Waals surface area contributed by atoms with Crippen LogP contribution in [0.5, 0.6) is 5.75 Å². The molecule has 6 heteroatoms. The Morgan fingerprint density at radius 2 is 1.74 bits per heavy atom. The van der Waals surface area contributed by atoms with E-state index in [4.69, 9.17) is 4.74 Å². The van der Waals surface area contributed by atoms with Gasteiger partial charge in [0.05, 0.1) is 12.8 Å². The standard InChI is InChI=1S/C17H17FN2O3/c1-23-15-9-5-4-8-14(15)20-17(22)10-16(21)19-11-12-6-2-3-7-13(12)18/h2-9H,10-11H2,1H3,(H,19,21)(H,20,22). The van der Waals surface area contributed by atoms with Gasteiger partial charge in [0, 0.05) is 12.1 Å². The van der Waals surface area contributed by atoms with E-state index in [1.54, 1.807) is 42.5 Å². The molecule has 0 aliphatic heterocycles. The first-order valence-electron chi connectivity index (χ1n) is 7.03. The summed E-state index contributed by atoms with van der Waals surface area (Å²) < 4.78 is 18.5. The van der Waals surface area contributed by atoms with Crippen molar-refractivity contribution in [2.45, 2.75) is 13.0 Å². The van der Waals surface area contributed by atoms with Crippen LogP contribution >= 0.6 is 0 Å². The number of nitrogens with one attached hydrogen (secondary N) is 2. The molecule has 2 N–H and O–H groups in total. The third-order valence-corrected chi connectivity index (χ3v) is 3.14. The molecule has 0 saturated heterocycles. The first-order chi connectivity index (χ1) is 11.1. The van der Waals surface area contributed by atoms with Gasteiger partial charge in [-0.15, -0.1) is 0 Å². The monoisotopic (exact) mass is 316 g/mol. The lowest BCUT2D eigenvalue weighted by atomic mass is 10.2. The summed E-state index contributed by atoms with van der Waals surface area (Å²) in [5, 5.41) is 5.12. The molecule has 0 heterocycles. The summed E-state index contributed by atoms with van der Waals surface area (Å²) in [4.78, 5) is 23.6. The number of carbonyl (C=O) groups excluding carboxylic acids is 2. The number of hydrogen-bond acceptors (Lipinski definition) is 3. The van der Waals surface area contributed by atoms with Crippen LogP contribution in [0.25, 0.3) is 0 Å². The van der Waals surface area contributed by atoms with Gasteiger partial charge in [-0.1, -0.05) is 30.3 Å². The van der Waals surface area contributed by atoms with Crippen LogP contribution < -0.4 is 15.4 Å². The molecule has 0 aromatic heterocycles. The van der Waals surface area contributed by atoms with Gasteiger partial charge in [-0.3, -0.25) is 9.59 Å². The Balaban J connectivity index is 1.85. The largest absolute Gasteiger partial charge is 0.495 e. The molecule has 2 aromatic rings. The van der Waals surface area contributed by atoms with Crippen LogP contribution in [-0.2, 0) is 16.1 Å². The molecule has 2 aromatic carbocycles. The molecule has 0 bridgehead atoms. The molecule has 2 rings (SSSR count). The third-order valence-electron chi connectivity index (χ3n) is 3.14. The Hall–Kier alpha value is -2.89. The van der Waals surface area contributed by atoms with E-state index in [0.717, 1.165) is 0 Å². The molecule has 0 fully saturated rings. The molecule has 0 aliphatic rings. The van der Waals surface area contributed by atoms with Crippen molar-refractivity contribution in [3.05, 3.63) is 59.9 Å². The highest BCUT2D eigenvalue weighted by atomic mass is 19.1. The molecule has 5 nitrogen and oxygen atoms in total. The van der Waals surface area contributed by atoms with E-state index in [9.17, 15) is 14.0 Å². The summed E-state index contributed by atoms with van der Waals surface area (Å²) >= 11 is 0. The van der Waals surface area contributed by atoms with Crippen molar-refractivity contribution >= 4 is 17.5 Å². The summed E-state index contributed by atoms with van der Waals surface area (Å²) in [7, 11) is 1.49. The lowest BCUT2D eigenvalue weighted by molar-refractivity contribution is -0.126. The maximum atomic E-state index is 13.4. The predicted octanol–water partition coefficient (Wildman–Crippen LogP) is 2.48. The zero-order chi connectivity index (χ0) is 16.7. The summed E-state index contributed by atoms with van der Waals surface area (Å²) in [6.45, 7) is 0.0352. The van der Waals surface area contributed by atoms with Crippen LogP contribution in [0.3, 0.4) is 0 Å². The van der Waals surface area contributed by atoms with Gasteiger partial charge >= 0.3 is 0 Å². The first kappa shape index (κ1) is 16.5. The number of benzene rings is 2. The summed E-state index contributed by atoms with van der Waals surface area (Å²) in [5.41, 5.74) is 0.855. The van der Waals surface area contributed by atoms with Crippen molar-refractivity contribution in [2.24, 2.45) is 0 Å². The van der Waals surface area contributed by atoms with E-state index in [2.05, 4.69) is 10.6 Å². The first-order valence-corrected chi connectivity index (χ1v) is 7.03. The van der Waals surface area contributed by atoms with Crippen molar-refractivity contribution in [3.63, 3.8) is 0 Å².